The topological polar surface area (TPSA) is 55.7 Å². The Bertz CT molecular complexity index is 966. The van der Waals surface area contributed by atoms with Gasteiger partial charge in [-0.2, -0.15) is 0 Å². The highest BCUT2D eigenvalue weighted by molar-refractivity contribution is 8.06. The number of hydrogen-bond donors (Lipinski definition) is 0. The van der Waals surface area contributed by atoms with Crippen LogP contribution >= 0.6 is 0 Å². The van der Waals surface area contributed by atoms with E-state index in [1.54, 1.807) is 13.8 Å². The average Bonchev–Trinajstić information content (AvgIpc) is 2.96. The minimum atomic E-state index is -4.23. The van der Waals surface area contributed by atoms with Crippen molar-refractivity contribution in [1.82, 2.24) is 0 Å². The molecule has 0 saturated carbocycles. The van der Waals surface area contributed by atoms with Crippen LogP contribution in [0.3, 0.4) is 0 Å². The molecule has 0 aliphatic carbocycles. The van der Waals surface area contributed by atoms with Gasteiger partial charge in [-0.25, -0.2) is 21.6 Å². The first-order valence-corrected chi connectivity index (χ1v) is 9.82. The zero-order valence-electron chi connectivity index (χ0n) is 14.7. The van der Waals surface area contributed by atoms with Crippen molar-refractivity contribution in [3.8, 4) is 0 Å². The molecule has 1 aliphatic heterocycles. The molecule has 0 aromatic heterocycles. The van der Waals surface area contributed by atoms with E-state index in [2.05, 4.69) is 5.16 Å². The first kappa shape index (κ1) is 19.4. The average molecular weight is 397 g/mol. The molecule has 144 valence electrons. The van der Waals surface area contributed by atoms with E-state index >= 15 is 0 Å². The Morgan fingerprint density at radius 3 is 2.19 bits per heavy atom. The standard InChI is InChI=1S/C19H18F3NO3S/c1-19(2)11-17(23-26-19)27(24,25)16(10-12-6-8-13(20)9-7-12)18-14(21)4-3-5-15(18)22/h3-9,16H,10-11H2,1-2H3. The zero-order valence-corrected chi connectivity index (χ0v) is 15.6. The molecule has 8 heteroatoms. The van der Waals surface area contributed by atoms with Crippen molar-refractivity contribution in [2.24, 2.45) is 5.16 Å². The number of hydrogen-bond acceptors (Lipinski definition) is 4. The van der Waals surface area contributed by atoms with Crippen molar-refractivity contribution in [3.05, 3.63) is 71.0 Å². The third kappa shape index (κ3) is 4.00. The normalized spacial score (nSPS) is 17.3. The van der Waals surface area contributed by atoms with E-state index in [0.29, 0.717) is 5.56 Å². The van der Waals surface area contributed by atoms with Crippen LogP contribution in [0, 0.1) is 17.5 Å². The quantitative estimate of drug-likeness (QED) is 0.772. The first-order valence-electron chi connectivity index (χ1n) is 8.27. The Morgan fingerprint density at radius 2 is 1.67 bits per heavy atom. The van der Waals surface area contributed by atoms with Gasteiger partial charge in [0.2, 0.25) is 9.84 Å². The number of rotatable bonds is 4. The smallest absolute Gasteiger partial charge is 0.202 e. The van der Waals surface area contributed by atoms with Gasteiger partial charge >= 0.3 is 0 Å². The monoisotopic (exact) mass is 397 g/mol. The molecule has 0 N–H and O–H groups in total. The molecule has 1 unspecified atom stereocenters. The fraction of sp³-hybridized carbons (Fsp3) is 0.316. The van der Waals surface area contributed by atoms with E-state index in [1.807, 2.05) is 0 Å². The van der Waals surface area contributed by atoms with Crippen molar-refractivity contribution < 1.29 is 26.4 Å². The third-order valence-corrected chi connectivity index (χ3v) is 6.36. The largest absolute Gasteiger partial charge is 0.389 e. The molecule has 0 saturated heterocycles. The Kier molecular flexibility index (Phi) is 5.03. The number of halogens is 3. The summed E-state index contributed by atoms with van der Waals surface area (Å²) in [5, 5.41) is 1.83. The Labute approximate surface area is 155 Å². The van der Waals surface area contributed by atoms with Crippen LogP contribution in [-0.4, -0.2) is 19.1 Å². The Morgan fingerprint density at radius 1 is 1.07 bits per heavy atom. The lowest BCUT2D eigenvalue weighted by Crippen LogP contribution is -2.28. The number of sulfone groups is 1. The van der Waals surface area contributed by atoms with Crippen molar-refractivity contribution in [2.75, 3.05) is 0 Å². The van der Waals surface area contributed by atoms with E-state index in [1.165, 1.54) is 12.1 Å². The van der Waals surface area contributed by atoms with Crippen LogP contribution < -0.4 is 0 Å². The van der Waals surface area contributed by atoms with Gasteiger partial charge in [0.25, 0.3) is 0 Å². The summed E-state index contributed by atoms with van der Waals surface area (Å²) in [5.41, 5.74) is -0.961. The van der Waals surface area contributed by atoms with Crippen LogP contribution in [0.5, 0.6) is 0 Å². The third-order valence-electron chi connectivity index (χ3n) is 4.33. The molecule has 1 heterocycles. The minimum Gasteiger partial charge on any atom is -0.389 e. The predicted molar refractivity (Wildman–Crippen MR) is 95.3 cm³/mol. The van der Waals surface area contributed by atoms with Crippen molar-refractivity contribution in [2.45, 2.75) is 37.5 Å². The van der Waals surface area contributed by atoms with Gasteiger partial charge in [-0.05, 0) is 50.1 Å². The van der Waals surface area contributed by atoms with E-state index < -0.39 is 43.7 Å². The lowest BCUT2D eigenvalue weighted by atomic mass is 10.0. The lowest BCUT2D eigenvalue weighted by molar-refractivity contribution is 0.0123. The summed E-state index contributed by atoms with van der Waals surface area (Å²) >= 11 is 0. The summed E-state index contributed by atoms with van der Waals surface area (Å²) in [5.74, 6) is -2.43. The second-order valence-electron chi connectivity index (χ2n) is 7.01. The van der Waals surface area contributed by atoms with Crippen LogP contribution in [0.1, 0.15) is 36.6 Å². The molecule has 0 spiro atoms. The van der Waals surface area contributed by atoms with Gasteiger partial charge in [-0.15, -0.1) is 0 Å². The molecule has 1 aliphatic rings. The molecule has 0 fully saturated rings. The molecular formula is C19H18F3NO3S. The van der Waals surface area contributed by atoms with E-state index in [0.717, 1.165) is 30.3 Å². The van der Waals surface area contributed by atoms with Gasteiger partial charge in [-0.3, -0.25) is 0 Å². The molecule has 3 rings (SSSR count). The summed E-state index contributed by atoms with van der Waals surface area (Å²) in [4.78, 5) is 5.12. The highest BCUT2D eigenvalue weighted by atomic mass is 32.2. The molecule has 4 nitrogen and oxygen atoms in total. The molecule has 27 heavy (non-hydrogen) atoms. The van der Waals surface area contributed by atoms with Crippen LogP contribution in [0.15, 0.2) is 47.6 Å². The summed E-state index contributed by atoms with van der Waals surface area (Å²) in [6.45, 7) is 3.33. The number of benzene rings is 2. The summed E-state index contributed by atoms with van der Waals surface area (Å²) in [6.07, 6.45) is -0.245. The number of oxime groups is 1. The molecular weight excluding hydrogens is 379 g/mol. The first-order chi connectivity index (χ1) is 12.6. The molecule has 1 atom stereocenters. The predicted octanol–water partition coefficient (Wildman–Crippen LogP) is 4.31. The maximum Gasteiger partial charge on any atom is 0.202 e. The fourth-order valence-corrected chi connectivity index (χ4v) is 4.91. The summed E-state index contributed by atoms with van der Waals surface area (Å²) in [6, 6.07) is 8.26. The Hall–Kier alpha value is -2.35. The number of nitrogens with zero attached hydrogens (tertiary/aromatic N) is 1. The molecule has 0 amide bonds. The van der Waals surface area contributed by atoms with Crippen LogP contribution in [0.2, 0.25) is 0 Å². The minimum absolute atomic E-state index is 0.00861. The van der Waals surface area contributed by atoms with Gasteiger partial charge in [0.1, 0.15) is 28.3 Å². The van der Waals surface area contributed by atoms with Gasteiger partial charge in [0.05, 0.1) is 0 Å². The lowest BCUT2D eigenvalue weighted by Gasteiger charge is -2.20. The maximum atomic E-state index is 14.4. The van der Waals surface area contributed by atoms with Crippen molar-refractivity contribution in [3.63, 3.8) is 0 Å². The second kappa shape index (κ2) is 6.99. The van der Waals surface area contributed by atoms with Gasteiger partial charge in [0, 0.05) is 12.0 Å². The van der Waals surface area contributed by atoms with Crippen LogP contribution in [-0.2, 0) is 21.1 Å². The Balaban J connectivity index is 2.09. The fourth-order valence-electron chi connectivity index (χ4n) is 2.94. The highest BCUT2D eigenvalue weighted by Crippen LogP contribution is 2.36. The van der Waals surface area contributed by atoms with Crippen molar-refractivity contribution >= 4 is 14.9 Å². The van der Waals surface area contributed by atoms with Crippen LogP contribution in [0.4, 0.5) is 13.2 Å². The zero-order chi connectivity index (χ0) is 19.8. The highest BCUT2D eigenvalue weighted by Gasteiger charge is 2.42. The van der Waals surface area contributed by atoms with Gasteiger partial charge in [-0.1, -0.05) is 23.4 Å². The van der Waals surface area contributed by atoms with Gasteiger partial charge < -0.3 is 4.84 Å². The van der Waals surface area contributed by atoms with Gasteiger partial charge in [0.15, 0.2) is 5.04 Å². The molecule has 2 aromatic rings. The van der Waals surface area contributed by atoms with E-state index in [-0.39, 0.29) is 17.9 Å². The van der Waals surface area contributed by atoms with E-state index in [4.69, 9.17) is 4.84 Å². The summed E-state index contributed by atoms with van der Waals surface area (Å²) < 4.78 is 68.3. The SMILES string of the molecule is CC1(C)CC(S(=O)(=O)C(Cc2ccc(F)cc2)c2c(F)cccc2F)=NO1. The maximum absolute atomic E-state index is 14.4. The molecule has 0 bridgehead atoms. The van der Waals surface area contributed by atoms with E-state index in [9.17, 15) is 21.6 Å². The summed E-state index contributed by atoms with van der Waals surface area (Å²) in [7, 11) is -4.23. The molecule has 2 aromatic carbocycles. The van der Waals surface area contributed by atoms with Crippen LogP contribution in [0.25, 0.3) is 0 Å². The second-order valence-corrected chi connectivity index (χ2v) is 9.14. The molecule has 0 radical (unpaired) electrons. The van der Waals surface area contributed by atoms with Crippen molar-refractivity contribution in [1.29, 1.82) is 0 Å².